The van der Waals surface area contributed by atoms with E-state index in [2.05, 4.69) is 15.5 Å². The van der Waals surface area contributed by atoms with Gasteiger partial charge in [-0.25, -0.2) is 0 Å². The third-order valence-corrected chi connectivity index (χ3v) is 4.95. The molecule has 1 aromatic heterocycles. The summed E-state index contributed by atoms with van der Waals surface area (Å²) in [6.45, 7) is 6.54. The number of hydrogen-bond acceptors (Lipinski definition) is 7. The zero-order valence-corrected chi connectivity index (χ0v) is 14.8. The van der Waals surface area contributed by atoms with Gasteiger partial charge < -0.3 is 20.3 Å². The standard InChI is InChI=1S/C17H28N4O3/c1-16(2,3)23-14(22)5-4-13-20-15(21-24-13)17(18)8-6-11-7-9-19-12(17)10-11/h11-12,19H,4-10,18H2,1-3H3. The molecule has 2 heterocycles. The van der Waals surface area contributed by atoms with Gasteiger partial charge in [0.2, 0.25) is 5.89 Å². The number of piperidine rings is 1. The molecule has 0 spiro atoms. The first kappa shape index (κ1) is 17.4. The van der Waals surface area contributed by atoms with Crippen LogP contribution in [-0.2, 0) is 21.5 Å². The van der Waals surface area contributed by atoms with Crippen molar-refractivity contribution in [2.24, 2.45) is 11.7 Å². The zero-order valence-electron chi connectivity index (χ0n) is 14.8. The first-order chi connectivity index (χ1) is 11.3. The van der Waals surface area contributed by atoms with Gasteiger partial charge in [0.1, 0.15) is 5.60 Å². The third kappa shape index (κ3) is 3.78. The molecular weight excluding hydrogens is 308 g/mol. The maximum Gasteiger partial charge on any atom is 0.306 e. The summed E-state index contributed by atoms with van der Waals surface area (Å²) in [5.41, 5.74) is 5.58. The highest BCUT2D eigenvalue weighted by Gasteiger charge is 2.46. The van der Waals surface area contributed by atoms with Crippen LogP contribution in [-0.4, -0.2) is 34.3 Å². The first-order valence-electron chi connectivity index (χ1n) is 8.83. The number of nitrogens with one attached hydrogen (secondary N) is 1. The van der Waals surface area contributed by atoms with Gasteiger partial charge in [-0.1, -0.05) is 5.16 Å². The molecule has 7 nitrogen and oxygen atoms in total. The molecule has 2 bridgehead atoms. The van der Waals surface area contributed by atoms with Gasteiger partial charge in [0.25, 0.3) is 0 Å². The smallest absolute Gasteiger partial charge is 0.306 e. The number of carbonyl (C=O) groups is 1. The Kier molecular flexibility index (Phi) is 4.66. The van der Waals surface area contributed by atoms with Crippen molar-refractivity contribution in [2.75, 3.05) is 6.54 Å². The van der Waals surface area contributed by atoms with Gasteiger partial charge in [-0.05, 0) is 58.9 Å². The van der Waals surface area contributed by atoms with E-state index in [1.807, 2.05) is 20.8 Å². The molecule has 2 fully saturated rings. The van der Waals surface area contributed by atoms with E-state index < -0.39 is 11.1 Å². The SMILES string of the molecule is CC(C)(C)OC(=O)CCc1nc(C2(N)CCC3CCNC2C3)no1. The van der Waals surface area contributed by atoms with Gasteiger partial charge in [0.05, 0.1) is 12.0 Å². The van der Waals surface area contributed by atoms with Crippen LogP contribution >= 0.6 is 0 Å². The predicted octanol–water partition coefficient (Wildman–Crippen LogP) is 1.66. The summed E-state index contributed by atoms with van der Waals surface area (Å²) >= 11 is 0. The lowest BCUT2D eigenvalue weighted by Crippen LogP contribution is -2.60. The topological polar surface area (TPSA) is 103 Å². The lowest BCUT2D eigenvalue weighted by Gasteiger charge is -2.45. The molecule has 3 N–H and O–H groups in total. The van der Waals surface area contributed by atoms with E-state index in [0.717, 1.165) is 31.7 Å². The molecule has 2 aliphatic rings. The Morgan fingerprint density at radius 3 is 3.00 bits per heavy atom. The summed E-state index contributed by atoms with van der Waals surface area (Å²) in [7, 11) is 0. The molecule has 134 valence electrons. The van der Waals surface area contributed by atoms with Crippen molar-refractivity contribution in [1.82, 2.24) is 15.5 Å². The molecule has 1 aromatic rings. The second kappa shape index (κ2) is 6.44. The molecule has 0 radical (unpaired) electrons. The number of nitrogens with two attached hydrogens (primary N) is 1. The van der Waals surface area contributed by atoms with Gasteiger partial charge >= 0.3 is 5.97 Å². The number of ether oxygens (including phenoxy) is 1. The zero-order chi connectivity index (χ0) is 17.4. The van der Waals surface area contributed by atoms with Crippen LogP contribution in [0, 0.1) is 5.92 Å². The van der Waals surface area contributed by atoms with Gasteiger partial charge in [-0.2, -0.15) is 4.98 Å². The highest BCUT2D eigenvalue weighted by Crippen LogP contribution is 2.39. The van der Waals surface area contributed by atoms with E-state index >= 15 is 0 Å². The van der Waals surface area contributed by atoms with Crippen LogP contribution in [0.5, 0.6) is 0 Å². The summed E-state index contributed by atoms with van der Waals surface area (Å²) in [6.07, 6.45) is 4.86. The van der Waals surface area contributed by atoms with Crippen LogP contribution in [0.15, 0.2) is 4.52 Å². The molecule has 1 saturated carbocycles. The number of aryl methyl sites for hydroxylation is 1. The average Bonchev–Trinajstić information content (AvgIpc) is 2.98. The molecule has 24 heavy (non-hydrogen) atoms. The van der Waals surface area contributed by atoms with E-state index in [-0.39, 0.29) is 18.4 Å². The fourth-order valence-corrected chi connectivity index (χ4v) is 3.68. The molecular formula is C17H28N4O3. The van der Waals surface area contributed by atoms with E-state index in [1.165, 1.54) is 6.42 Å². The summed E-state index contributed by atoms with van der Waals surface area (Å²) in [6, 6.07) is 0.196. The third-order valence-electron chi connectivity index (χ3n) is 4.95. The van der Waals surface area contributed by atoms with E-state index in [0.29, 0.717) is 18.1 Å². The fourth-order valence-electron chi connectivity index (χ4n) is 3.68. The number of rotatable bonds is 4. The van der Waals surface area contributed by atoms with Crippen LogP contribution in [0.3, 0.4) is 0 Å². The van der Waals surface area contributed by atoms with E-state index in [1.54, 1.807) is 0 Å². The monoisotopic (exact) mass is 336 g/mol. The molecule has 3 atom stereocenters. The summed E-state index contributed by atoms with van der Waals surface area (Å²) in [5, 5.41) is 7.61. The number of carbonyl (C=O) groups excluding carboxylic acids is 1. The van der Waals surface area contributed by atoms with Crippen LogP contribution in [0.1, 0.15) is 64.6 Å². The Hall–Kier alpha value is -1.47. The first-order valence-corrected chi connectivity index (χ1v) is 8.83. The number of hydrogen-bond donors (Lipinski definition) is 2. The maximum atomic E-state index is 11.8. The number of esters is 1. The van der Waals surface area contributed by atoms with Gasteiger partial charge in [-0.3, -0.25) is 4.79 Å². The predicted molar refractivity (Wildman–Crippen MR) is 88.1 cm³/mol. The minimum Gasteiger partial charge on any atom is -0.460 e. The van der Waals surface area contributed by atoms with Crippen molar-refractivity contribution in [3.63, 3.8) is 0 Å². The Balaban J connectivity index is 1.62. The molecule has 1 aliphatic heterocycles. The Morgan fingerprint density at radius 2 is 2.25 bits per heavy atom. The average molecular weight is 336 g/mol. The Labute approximate surface area is 142 Å². The largest absolute Gasteiger partial charge is 0.460 e. The normalized spacial score (nSPS) is 30.2. The highest BCUT2D eigenvalue weighted by atomic mass is 16.6. The molecule has 0 aromatic carbocycles. The second-order valence-corrected chi connectivity index (χ2v) is 8.07. The van der Waals surface area contributed by atoms with E-state index in [9.17, 15) is 4.79 Å². The molecule has 1 saturated heterocycles. The summed E-state index contributed by atoms with van der Waals surface area (Å²) in [4.78, 5) is 16.3. The quantitative estimate of drug-likeness (QED) is 0.806. The van der Waals surface area contributed by atoms with Crippen molar-refractivity contribution in [1.29, 1.82) is 0 Å². The number of nitrogens with zero attached hydrogens (tertiary/aromatic N) is 2. The highest BCUT2D eigenvalue weighted by molar-refractivity contribution is 5.70. The Morgan fingerprint density at radius 1 is 1.46 bits per heavy atom. The molecule has 0 amide bonds. The lowest BCUT2D eigenvalue weighted by atomic mass is 9.70. The van der Waals surface area contributed by atoms with Crippen molar-refractivity contribution in [3.8, 4) is 0 Å². The van der Waals surface area contributed by atoms with E-state index in [4.69, 9.17) is 15.0 Å². The summed E-state index contributed by atoms with van der Waals surface area (Å²) < 4.78 is 10.6. The van der Waals surface area contributed by atoms with Gasteiger partial charge in [-0.15, -0.1) is 0 Å². The van der Waals surface area contributed by atoms with Crippen molar-refractivity contribution >= 4 is 5.97 Å². The van der Waals surface area contributed by atoms with Crippen molar-refractivity contribution in [2.45, 2.75) is 76.5 Å². The van der Waals surface area contributed by atoms with Crippen LogP contribution in [0.4, 0.5) is 0 Å². The van der Waals surface area contributed by atoms with Crippen molar-refractivity contribution in [3.05, 3.63) is 11.7 Å². The second-order valence-electron chi connectivity index (χ2n) is 8.07. The Bertz CT molecular complexity index is 595. The number of fused-ring (bicyclic) bond motifs is 2. The summed E-state index contributed by atoms with van der Waals surface area (Å²) in [5.74, 6) is 1.49. The molecule has 3 unspecified atom stereocenters. The minimum absolute atomic E-state index is 0.196. The molecule has 7 heteroatoms. The molecule has 3 rings (SSSR count). The molecule has 1 aliphatic carbocycles. The van der Waals surface area contributed by atoms with Gasteiger partial charge in [0, 0.05) is 12.5 Å². The van der Waals surface area contributed by atoms with Crippen LogP contribution in [0.25, 0.3) is 0 Å². The lowest BCUT2D eigenvalue weighted by molar-refractivity contribution is -0.154. The minimum atomic E-state index is -0.579. The fraction of sp³-hybridized carbons (Fsp3) is 0.824. The van der Waals surface area contributed by atoms with Crippen LogP contribution < -0.4 is 11.1 Å². The van der Waals surface area contributed by atoms with Crippen LogP contribution in [0.2, 0.25) is 0 Å². The van der Waals surface area contributed by atoms with Crippen molar-refractivity contribution < 1.29 is 14.1 Å². The van der Waals surface area contributed by atoms with Gasteiger partial charge in [0.15, 0.2) is 5.82 Å². The number of aromatic nitrogens is 2. The maximum absolute atomic E-state index is 11.8.